The van der Waals surface area contributed by atoms with Gasteiger partial charge in [0.2, 0.25) is 5.89 Å². The summed E-state index contributed by atoms with van der Waals surface area (Å²) in [5, 5.41) is 4.08. The zero-order valence-corrected chi connectivity index (χ0v) is 15.8. The SMILES string of the molecule is Cn1cnc(C(=O)N2CCCC2c2nc(CCOCC3CCCC3)no2)c1. The van der Waals surface area contributed by atoms with Crippen LogP contribution >= 0.6 is 0 Å². The molecule has 2 aromatic rings. The van der Waals surface area contributed by atoms with Gasteiger partial charge in [-0.2, -0.15) is 4.98 Å². The molecule has 1 unspecified atom stereocenters. The Balaban J connectivity index is 1.32. The summed E-state index contributed by atoms with van der Waals surface area (Å²) >= 11 is 0. The minimum atomic E-state index is -0.167. The lowest BCUT2D eigenvalue weighted by Gasteiger charge is -2.20. The van der Waals surface area contributed by atoms with E-state index in [9.17, 15) is 4.79 Å². The number of imidazole rings is 1. The molecule has 146 valence electrons. The van der Waals surface area contributed by atoms with Gasteiger partial charge in [0, 0.05) is 32.8 Å². The number of rotatable bonds is 7. The monoisotopic (exact) mass is 373 g/mol. The molecule has 1 aliphatic heterocycles. The highest BCUT2D eigenvalue weighted by Gasteiger charge is 2.35. The Labute approximate surface area is 158 Å². The third-order valence-electron chi connectivity index (χ3n) is 5.50. The summed E-state index contributed by atoms with van der Waals surface area (Å²) in [7, 11) is 1.85. The second-order valence-electron chi connectivity index (χ2n) is 7.61. The molecule has 0 spiro atoms. The molecule has 8 nitrogen and oxygen atoms in total. The minimum Gasteiger partial charge on any atom is -0.381 e. The normalized spacial score (nSPS) is 20.6. The van der Waals surface area contributed by atoms with Crippen LogP contribution in [0.5, 0.6) is 0 Å². The van der Waals surface area contributed by atoms with Crippen molar-refractivity contribution < 1.29 is 14.1 Å². The molecule has 1 saturated heterocycles. The van der Waals surface area contributed by atoms with Gasteiger partial charge >= 0.3 is 0 Å². The van der Waals surface area contributed by atoms with Gasteiger partial charge in [-0.1, -0.05) is 18.0 Å². The predicted octanol–water partition coefficient (Wildman–Crippen LogP) is 2.53. The van der Waals surface area contributed by atoms with Crippen LogP contribution in [0, 0.1) is 5.92 Å². The lowest BCUT2D eigenvalue weighted by Crippen LogP contribution is -2.31. The molecule has 0 bridgehead atoms. The fourth-order valence-electron chi connectivity index (χ4n) is 4.03. The average molecular weight is 373 g/mol. The predicted molar refractivity (Wildman–Crippen MR) is 97.0 cm³/mol. The van der Waals surface area contributed by atoms with Crippen molar-refractivity contribution in [3.05, 3.63) is 29.9 Å². The van der Waals surface area contributed by atoms with E-state index in [2.05, 4.69) is 15.1 Å². The number of carbonyl (C=O) groups excluding carboxylic acids is 1. The highest BCUT2D eigenvalue weighted by Crippen LogP contribution is 2.32. The van der Waals surface area contributed by atoms with Crippen molar-refractivity contribution >= 4 is 5.91 Å². The molecule has 0 N–H and O–H groups in total. The van der Waals surface area contributed by atoms with E-state index in [1.165, 1.54) is 25.7 Å². The summed E-state index contributed by atoms with van der Waals surface area (Å²) in [4.78, 5) is 23.2. The highest BCUT2D eigenvalue weighted by molar-refractivity contribution is 5.92. The lowest BCUT2D eigenvalue weighted by molar-refractivity contribution is 0.0704. The largest absolute Gasteiger partial charge is 0.381 e. The van der Waals surface area contributed by atoms with E-state index < -0.39 is 0 Å². The Bertz CT molecular complexity index is 765. The van der Waals surface area contributed by atoms with Crippen LogP contribution in [-0.2, 0) is 18.2 Å². The molecule has 4 rings (SSSR count). The van der Waals surface area contributed by atoms with Crippen molar-refractivity contribution in [1.82, 2.24) is 24.6 Å². The van der Waals surface area contributed by atoms with Gasteiger partial charge < -0.3 is 18.7 Å². The highest BCUT2D eigenvalue weighted by atomic mass is 16.5. The van der Waals surface area contributed by atoms with Gasteiger partial charge in [0.1, 0.15) is 11.7 Å². The number of nitrogens with zero attached hydrogens (tertiary/aromatic N) is 5. The number of hydrogen-bond acceptors (Lipinski definition) is 6. The fraction of sp³-hybridized carbons (Fsp3) is 0.684. The second kappa shape index (κ2) is 8.21. The molecule has 3 heterocycles. The number of ether oxygens (including phenoxy) is 1. The van der Waals surface area contributed by atoms with Gasteiger partial charge in [0.05, 0.1) is 12.9 Å². The van der Waals surface area contributed by atoms with Crippen LogP contribution in [-0.4, -0.2) is 50.3 Å². The minimum absolute atomic E-state index is 0.0854. The maximum atomic E-state index is 12.7. The first kappa shape index (κ1) is 18.2. The third-order valence-corrected chi connectivity index (χ3v) is 5.50. The van der Waals surface area contributed by atoms with Crippen molar-refractivity contribution in [2.45, 2.75) is 51.0 Å². The molecule has 1 amide bonds. The Morgan fingerprint density at radius 3 is 2.93 bits per heavy atom. The van der Waals surface area contributed by atoms with Crippen molar-refractivity contribution in [3.63, 3.8) is 0 Å². The Morgan fingerprint density at radius 1 is 1.30 bits per heavy atom. The average Bonchev–Trinajstić information content (AvgIpc) is 3.45. The molecule has 1 saturated carbocycles. The van der Waals surface area contributed by atoms with Gasteiger partial charge in [0.15, 0.2) is 5.82 Å². The number of likely N-dealkylation sites (tertiary alicyclic amines) is 1. The van der Waals surface area contributed by atoms with E-state index in [4.69, 9.17) is 9.26 Å². The van der Waals surface area contributed by atoms with Crippen molar-refractivity contribution in [1.29, 1.82) is 0 Å². The topological polar surface area (TPSA) is 86.3 Å². The molecule has 2 aromatic heterocycles. The number of carbonyl (C=O) groups is 1. The van der Waals surface area contributed by atoms with Gasteiger partial charge in [0.25, 0.3) is 5.91 Å². The molecule has 2 fully saturated rings. The van der Waals surface area contributed by atoms with Crippen molar-refractivity contribution in [2.24, 2.45) is 13.0 Å². The smallest absolute Gasteiger partial charge is 0.274 e. The zero-order valence-electron chi connectivity index (χ0n) is 15.8. The second-order valence-corrected chi connectivity index (χ2v) is 7.61. The van der Waals surface area contributed by atoms with Crippen LogP contribution < -0.4 is 0 Å². The third kappa shape index (κ3) is 4.21. The van der Waals surface area contributed by atoms with E-state index in [-0.39, 0.29) is 11.9 Å². The van der Waals surface area contributed by atoms with Crippen molar-refractivity contribution in [3.8, 4) is 0 Å². The number of aromatic nitrogens is 4. The molecule has 8 heteroatoms. The van der Waals surface area contributed by atoms with Crippen molar-refractivity contribution in [2.75, 3.05) is 19.8 Å². The molecule has 0 radical (unpaired) electrons. The molecule has 27 heavy (non-hydrogen) atoms. The van der Waals surface area contributed by atoms with E-state index in [0.29, 0.717) is 37.0 Å². The summed E-state index contributed by atoms with van der Waals surface area (Å²) in [6.45, 7) is 2.12. The lowest BCUT2D eigenvalue weighted by atomic mass is 10.1. The molecule has 0 aromatic carbocycles. The van der Waals surface area contributed by atoms with E-state index in [0.717, 1.165) is 25.4 Å². The maximum Gasteiger partial charge on any atom is 0.274 e. The maximum absolute atomic E-state index is 12.7. The summed E-state index contributed by atoms with van der Waals surface area (Å²) < 4.78 is 13.0. The van der Waals surface area contributed by atoms with E-state index >= 15 is 0 Å². The van der Waals surface area contributed by atoms with Crippen LogP contribution in [0.15, 0.2) is 17.0 Å². The molecular weight excluding hydrogens is 346 g/mol. The van der Waals surface area contributed by atoms with Gasteiger partial charge in [-0.05, 0) is 31.6 Å². The van der Waals surface area contributed by atoms with Crippen LogP contribution in [0.4, 0.5) is 0 Å². The Morgan fingerprint density at radius 2 is 2.15 bits per heavy atom. The van der Waals surface area contributed by atoms with Gasteiger partial charge in [-0.25, -0.2) is 4.98 Å². The summed E-state index contributed by atoms with van der Waals surface area (Å²) in [6.07, 6.45) is 11.0. The quantitative estimate of drug-likeness (QED) is 0.693. The van der Waals surface area contributed by atoms with Crippen LogP contribution in [0.2, 0.25) is 0 Å². The molecular formula is C19H27N5O3. The standard InChI is InChI=1S/C19H27N5O3/c1-23-11-15(20-13-23)19(25)24-9-4-7-16(24)18-21-17(22-27-18)8-10-26-12-14-5-2-3-6-14/h11,13-14,16H,2-10,12H2,1H3. The fourth-order valence-corrected chi connectivity index (χ4v) is 4.03. The molecule has 2 aliphatic rings. The van der Waals surface area contributed by atoms with Crippen LogP contribution in [0.1, 0.15) is 66.8 Å². The van der Waals surface area contributed by atoms with Crippen LogP contribution in [0.25, 0.3) is 0 Å². The first-order chi connectivity index (χ1) is 13.2. The molecule has 1 aliphatic carbocycles. The Hall–Kier alpha value is -2.22. The van der Waals surface area contributed by atoms with Gasteiger partial charge in [-0.3, -0.25) is 4.79 Å². The van der Waals surface area contributed by atoms with Crippen LogP contribution in [0.3, 0.4) is 0 Å². The summed E-state index contributed by atoms with van der Waals surface area (Å²) in [5.74, 6) is 1.80. The van der Waals surface area contributed by atoms with E-state index in [1.54, 1.807) is 22.0 Å². The van der Waals surface area contributed by atoms with Gasteiger partial charge in [-0.15, -0.1) is 0 Å². The summed E-state index contributed by atoms with van der Waals surface area (Å²) in [6, 6.07) is -0.167. The number of aryl methyl sites for hydroxylation is 1. The Kier molecular flexibility index (Phi) is 5.52. The first-order valence-corrected chi connectivity index (χ1v) is 9.90. The molecule has 1 atom stereocenters. The van der Waals surface area contributed by atoms with E-state index in [1.807, 2.05) is 7.05 Å². The number of hydrogen-bond donors (Lipinski definition) is 0. The first-order valence-electron chi connectivity index (χ1n) is 9.90. The summed E-state index contributed by atoms with van der Waals surface area (Å²) in [5.41, 5.74) is 0.449. The zero-order chi connectivity index (χ0) is 18.6. The number of amides is 1.